The van der Waals surface area contributed by atoms with E-state index in [1.54, 1.807) is 13.8 Å². The number of rotatable bonds is 7. The summed E-state index contributed by atoms with van der Waals surface area (Å²) in [6.45, 7) is 8.37. The van der Waals surface area contributed by atoms with Crippen LogP contribution in [0.4, 0.5) is 0 Å². The lowest BCUT2D eigenvalue weighted by Crippen LogP contribution is -2.58. The summed E-state index contributed by atoms with van der Waals surface area (Å²) in [5.41, 5.74) is 0.161. The van der Waals surface area contributed by atoms with Crippen LogP contribution in [0.3, 0.4) is 0 Å². The molecule has 0 spiro atoms. The molecule has 0 unspecified atom stereocenters. The maximum Gasteiger partial charge on any atom is 0.326 e. The summed E-state index contributed by atoms with van der Waals surface area (Å²) in [6, 6.07) is -0.838. The van der Waals surface area contributed by atoms with Crippen LogP contribution in [-0.4, -0.2) is 45.4 Å². The van der Waals surface area contributed by atoms with Gasteiger partial charge in [-0.25, -0.2) is 4.79 Å². The summed E-state index contributed by atoms with van der Waals surface area (Å²) in [5.74, 6) is 1.46. The van der Waals surface area contributed by atoms with E-state index in [4.69, 9.17) is 0 Å². The van der Waals surface area contributed by atoms with Crippen LogP contribution in [0.15, 0.2) is 0 Å². The van der Waals surface area contributed by atoms with Crippen molar-refractivity contribution in [3.8, 4) is 0 Å². The van der Waals surface area contributed by atoms with E-state index in [-0.39, 0.29) is 34.9 Å². The average Bonchev–Trinajstić information content (AvgIpc) is 3.11. The van der Waals surface area contributed by atoms with Crippen LogP contribution in [0.1, 0.15) is 98.3 Å². The number of aliphatic hydroxyl groups is 2. The van der Waals surface area contributed by atoms with E-state index in [9.17, 15) is 24.9 Å². The second kappa shape index (κ2) is 9.72. The van der Waals surface area contributed by atoms with Crippen LogP contribution >= 0.6 is 0 Å². The van der Waals surface area contributed by atoms with Gasteiger partial charge in [-0.2, -0.15) is 0 Å². The van der Waals surface area contributed by atoms with Crippen LogP contribution in [0.5, 0.6) is 0 Å². The van der Waals surface area contributed by atoms with Gasteiger partial charge in [-0.1, -0.05) is 27.7 Å². The highest BCUT2D eigenvalue weighted by molar-refractivity contribution is 5.83. The molecule has 0 heterocycles. The van der Waals surface area contributed by atoms with Gasteiger partial charge in [0, 0.05) is 6.42 Å². The predicted molar refractivity (Wildman–Crippen MR) is 131 cm³/mol. The number of fused-ring (bicyclic) bond motifs is 5. The van der Waals surface area contributed by atoms with Gasteiger partial charge in [-0.3, -0.25) is 4.79 Å². The summed E-state index contributed by atoms with van der Waals surface area (Å²) in [5, 5.41) is 33.8. The molecule has 0 aromatic heterocycles. The normalized spacial score (nSPS) is 44.6. The predicted octanol–water partition coefficient (Wildman–Crippen LogP) is 4.37. The van der Waals surface area contributed by atoms with E-state index in [0.29, 0.717) is 36.0 Å². The Morgan fingerprint density at radius 3 is 2.41 bits per heavy atom. The van der Waals surface area contributed by atoms with Crippen LogP contribution in [0.2, 0.25) is 0 Å². The number of aliphatic carboxylic acids is 1. The summed E-state index contributed by atoms with van der Waals surface area (Å²) < 4.78 is 0. The minimum absolute atomic E-state index is 0.0868. The molecule has 0 radical (unpaired) electrons. The number of carbonyl (C=O) groups excluding carboxylic acids is 1. The van der Waals surface area contributed by atoms with Crippen molar-refractivity contribution in [1.82, 2.24) is 5.32 Å². The van der Waals surface area contributed by atoms with Gasteiger partial charge in [-0.15, -0.1) is 0 Å². The molecule has 4 N–H and O–H groups in total. The molecule has 4 saturated carbocycles. The molecule has 0 aliphatic heterocycles. The molecule has 4 aliphatic rings. The zero-order valence-corrected chi connectivity index (χ0v) is 21.6. The largest absolute Gasteiger partial charge is 0.480 e. The molecule has 34 heavy (non-hydrogen) atoms. The summed E-state index contributed by atoms with van der Waals surface area (Å²) >= 11 is 0. The van der Waals surface area contributed by atoms with Gasteiger partial charge in [0.25, 0.3) is 0 Å². The van der Waals surface area contributed by atoms with Crippen molar-refractivity contribution in [2.24, 2.45) is 46.3 Å². The van der Waals surface area contributed by atoms with Crippen molar-refractivity contribution < 1.29 is 24.9 Å². The lowest BCUT2D eigenvalue weighted by atomic mass is 9.44. The average molecular weight is 478 g/mol. The van der Waals surface area contributed by atoms with Crippen LogP contribution in [0.25, 0.3) is 0 Å². The smallest absolute Gasteiger partial charge is 0.326 e. The van der Waals surface area contributed by atoms with Gasteiger partial charge >= 0.3 is 5.97 Å². The van der Waals surface area contributed by atoms with Crippen LogP contribution in [-0.2, 0) is 9.59 Å². The minimum Gasteiger partial charge on any atom is -0.480 e. The van der Waals surface area contributed by atoms with Crippen molar-refractivity contribution in [3.63, 3.8) is 0 Å². The Balaban J connectivity index is 1.38. The Morgan fingerprint density at radius 1 is 1.00 bits per heavy atom. The third kappa shape index (κ3) is 4.42. The summed E-state index contributed by atoms with van der Waals surface area (Å²) in [4.78, 5) is 23.8. The second-order valence-electron chi connectivity index (χ2n) is 13.0. The monoisotopic (exact) mass is 477 g/mol. The summed E-state index contributed by atoms with van der Waals surface area (Å²) in [7, 11) is 0. The van der Waals surface area contributed by atoms with Gasteiger partial charge in [0.2, 0.25) is 5.91 Å². The lowest BCUT2D eigenvalue weighted by molar-refractivity contribution is -0.171. The first-order valence-corrected chi connectivity index (χ1v) is 13.9. The number of carboxylic acids is 1. The first kappa shape index (κ1) is 25.9. The van der Waals surface area contributed by atoms with Gasteiger partial charge < -0.3 is 20.6 Å². The molecule has 0 bridgehead atoms. The first-order chi connectivity index (χ1) is 16.0. The van der Waals surface area contributed by atoms with Crippen molar-refractivity contribution >= 4 is 11.9 Å². The Labute approximate surface area is 205 Å². The third-order valence-electron chi connectivity index (χ3n) is 11.1. The number of amides is 1. The molecule has 0 aromatic rings. The number of carbonyl (C=O) groups is 2. The van der Waals surface area contributed by atoms with Gasteiger partial charge in [0.05, 0.1) is 12.2 Å². The zero-order chi connectivity index (χ0) is 24.8. The number of aliphatic hydroxyl groups excluding tert-OH is 2. The molecular weight excluding hydrogens is 430 g/mol. The molecule has 194 valence electrons. The molecule has 6 nitrogen and oxygen atoms in total. The van der Waals surface area contributed by atoms with Gasteiger partial charge in [-0.05, 0) is 111 Å². The van der Waals surface area contributed by atoms with Gasteiger partial charge in [0.15, 0.2) is 0 Å². The molecule has 4 rings (SSSR count). The molecule has 6 heteroatoms. The van der Waals surface area contributed by atoms with Crippen molar-refractivity contribution in [2.75, 3.05) is 0 Å². The standard InChI is InChI=1S/C28H47NO5/c1-16(2)25(26(33)34)29-24(32)7-5-6-17-9-11-21-20-10-8-18-14-19(30)12-13-27(18,3)22(20)15-23(31)28(17,21)4/h16-23,25,30-31H,5-15H2,1-4H3,(H,29,32)(H,33,34)/t17-,18+,19+,20-,21-,22-,23-,25-,27-,28+/m0/s1. The van der Waals surface area contributed by atoms with Gasteiger partial charge in [0.1, 0.15) is 6.04 Å². The maximum absolute atomic E-state index is 12.4. The molecule has 0 aromatic carbocycles. The fraction of sp³-hybridized carbons (Fsp3) is 0.929. The summed E-state index contributed by atoms with van der Waals surface area (Å²) in [6.07, 6.45) is 10.1. The molecule has 4 aliphatic carbocycles. The molecular formula is C28H47NO5. The lowest BCUT2D eigenvalue weighted by Gasteiger charge is -2.62. The van der Waals surface area contributed by atoms with E-state index in [1.807, 2.05) is 0 Å². The van der Waals surface area contributed by atoms with Crippen molar-refractivity contribution in [2.45, 2.75) is 117 Å². The van der Waals surface area contributed by atoms with Crippen LogP contribution < -0.4 is 5.32 Å². The van der Waals surface area contributed by atoms with E-state index >= 15 is 0 Å². The maximum atomic E-state index is 12.4. The molecule has 1 amide bonds. The molecule has 0 saturated heterocycles. The number of carboxylic acid groups (broad SMARTS) is 1. The van der Waals surface area contributed by atoms with Crippen molar-refractivity contribution in [1.29, 1.82) is 0 Å². The fourth-order valence-corrected chi connectivity index (χ4v) is 9.06. The SMILES string of the molecule is CC(C)[C@H](NC(=O)CCC[C@H]1CC[C@H]2[C@@H]3CC[C@@H]4C[C@H](O)CC[C@]4(C)[C@H]3C[C@H](O)[C@]12C)C(=O)O. The molecule has 4 fully saturated rings. The van der Waals surface area contributed by atoms with E-state index in [2.05, 4.69) is 19.2 Å². The van der Waals surface area contributed by atoms with E-state index in [0.717, 1.165) is 44.9 Å². The highest BCUT2D eigenvalue weighted by Gasteiger charge is 2.62. The van der Waals surface area contributed by atoms with Crippen LogP contribution in [0, 0.1) is 46.3 Å². The molecule has 10 atom stereocenters. The highest BCUT2D eigenvalue weighted by Crippen LogP contribution is 2.67. The Morgan fingerprint density at radius 2 is 1.74 bits per heavy atom. The fourth-order valence-electron chi connectivity index (χ4n) is 9.06. The third-order valence-corrected chi connectivity index (χ3v) is 11.1. The quantitative estimate of drug-likeness (QED) is 0.436. The minimum atomic E-state index is -0.981. The topological polar surface area (TPSA) is 107 Å². The zero-order valence-electron chi connectivity index (χ0n) is 21.6. The van der Waals surface area contributed by atoms with E-state index in [1.165, 1.54) is 19.3 Å². The number of nitrogens with one attached hydrogen (secondary N) is 1. The highest BCUT2D eigenvalue weighted by atomic mass is 16.4. The second-order valence-corrected chi connectivity index (χ2v) is 13.0. The Bertz CT molecular complexity index is 770. The van der Waals surface area contributed by atoms with Crippen molar-refractivity contribution in [3.05, 3.63) is 0 Å². The number of hydrogen-bond acceptors (Lipinski definition) is 4. The van der Waals surface area contributed by atoms with E-state index < -0.39 is 12.0 Å². The number of hydrogen-bond donors (Lipinski definition) is 4. The Kier molecular flexibility index (Phi) is 7.42. The first-order valence-electron chi connectivity index (χ1n) is 13.9. The Hall–Kier alpha value is -1.14.